The Hall–Kier alpha value is -3.78. The Labute approximate surface area is 187 Å². The number of hydrogen-bond acceptors (Lipinski definition) is 6. The molecular weight excluding hydrogens is 424 g/mol. The van der Waals surface area contributed by atoms with Crippen LogP contribution in [0.4, 0.5) is 5.82 Å². The van der Waals surface area contributed by atoms with Crippen LogP contribution >= 0.6 is 0 Å². The van der Waals surface area contributed by atoms with E-state index >= 15 is 0 Å². The van der Waals surface area contributed by atoms with Gasteiger partial charge in [-0.1, -0.05) is 48.0 Å². The normalized spacial score (nSPS) is 11.2. The molecule has 4 aromatic rings. The number of aryl methyl sites for hydroxylation is 2. The number of sulfonamides is 1. The van der Waals surface area contributed by atoms with Gasteiger partial charge in [0, 0.05) is 23.5 Å². The van der Waals surface area contributed by atoms with Gasteiger partial charge in [0.2, 0.25) is 5.82 Å². The van der Waals surface area contributed by atoms with Crippen LogP contribution in [0.2, 0.25) is 0 Å². The van der Waals surface area contributed by atoms with Crippen molar-refractivity contribution in [3.63, 3.8) is 0 Å². The highest BCUT2D eigenvalue weighted by Crippen LogP contribution is 2.28. The Balaban J connectivity index is 1.70. The molecule has 0 unspecified atom stereocenters. The molecule has 0 atom stereocenters. The monoisotopic (exact) mass is 446 g/mol. The molecule has 0 bridgehead atoms. The summed E-state index contributed by atoms with van der Waals surface area (Å²) < 4.78 is 34.2. The van der Waals surface area contributed by atoms with E-state index in [-0.39, 0.29) is 23.2 Å². The van der Waals surface area contributed by atoms with Crippen molar-refractivity contribution in [1.82, 2.24) is 15.0 Å². The third-order valence-corrected chi connectivity index (χ3v) is 6.18. The predicted molar refractivity (Wildman–Crippen MR) is 123 cm³/mol. The summed E-state index contributed by atoms with van der Waals surface area (Å²) in [6.07, 6.45) is 4.88. The van der Waals surface area contributed by atoms with Crippen LogP contribution in [-0.4, -0.2) is 23.4 Å². The molecule has 2 heterocycles. The van der Waals surface area contributed by atoms with Crippen molar-refractivity contribution in [2.45, 2.75) is 25.3 Å². The molecule has 0 aliphatic rings. The van der Waals surface area contributed by atoms with E-state index in [9.17, 15) is 8.42 Å². The van der Waals surface area contributed by atoms with E-state index in [2.05, 4.69) is 19.7 Å². The standard InChI is InChI=1S/C24H22N4O3S/c1-17-9-11-20(12-10-17)32(29,30)28-23-24(31-16-19-7-5-13-25-14-19)27-22(15-26-23)21-8-4-3-6-18(21)2/h3-15H,16H2,1-2H3,(H,26,28). The summed E-state index contributed by atoms with van der Waals surface area (Å²) >= 11 is 0. The number of rotatable bonds is 7. The van der Waals surface area contributed by atoms with Crippen LogP contribution in [-0.2, 0) is 16.6 Å². The number of benzene rings is 2. The topological polar surface area (TPSA) is 94.1 Å². The second-order valence-electron chi connectivity index (χ2n) is 7.29. The first-order valence-corrected chi connectivity index (χ1v) is 11.4. The van der Waals surface area contributed by atoms with Gasteiger partial charge in [0.25, 0.3) is 15.9 Å². The molecule has 1 N–H and O–H groups in total. The number of anilines is 1. The van der Waals surface area contributed by atoms with E-state index in [1.807, 2.05) is 44.2 Å². The molecule has 4 rings (SSSR count). The van der Waals surface area contributed by atoms with Crippen LogP contribution in [0, 0.1) is 13.8 Å². The number of pyridine rings is 1. The Bertz CT molecular complexity index is 1330. The quantitative estimate of drug-likeness (QED) is 0.448. The molecule has 0 fully saturated rings. The lowest BCUT2D eigenvalue weighted by Crippen LogP contribution is -2.16. The summed E-state index contributed by atoms with van der Waals surface area (Å²) in [6.45, 7) is 4.03. The molecule has 0 aliphatic heterocycles. The van der Waals surface area contributed by atoms with E-state index in [4.69, 9.17) is 4.74 Å². The predicted octanol–water partition coefficient (Wildman–Crippen LogP) is 4.54. The highest BCUT2D eigenvalue weighted by molar-refractivity contribution is 7.92. The molecule has 7 nitrogen and oxygen atoms in total. The summed E-state index contributed by atoms with van der Waals surface area (Å²) in [5.74, 6) is 0.108. The first-order valence-electron chi connectivity index (χ1n) is 9.96. The third kappa shape index (κ3) is 4.92. The largest absolute Gasteiger partial charge is 0.470 e. The number of hydrogen-bond donors (Lipinski definition) is 1. The minimum absolute atomic E-state index is 0.0202. The van der Waals surface area contributed by atoms with Gasteiger partial charge in [-0.3, -0.25) is 9.71 Å². The van der Waals surface area contributed by atoms with Crippen molar-refractivity contribution in [1.29, 1.82) is 0 Å². The summed E-state index contributed by atoms with van der Waals surface area (Å²) in [5.41, 5.74) is 4.28. The van der Waals surface area contributed by atoms with Crippen LogP contribution in [0.25, 0.3) is 11.3 Å². The molecule has 0 saturated carbocycles. The number of nitrogens with zero attached hydrogens (tertiary/aromatic N) is 3. The Morgan fingerprint density at radius 3 is 2.44 bits per heavy atom. The SMILES string of the molecule is Cc1ccc(S(=O)(=O)Nc2ncc(-c3ccccc3C)nc2OCc2cccnc2)cc1. The Morgan fingerprint density at radius 2 is 1.72 bits per heavy atom. The fourth-order valence-corrected chi connectivity index (χ4v) is 4.08. The first kappa shape index (κ1) is 21.5. The number of ether oxygens (including phenoxy) is 1. The van der Waals surface area contributed by atoms with Gasteiger partial charge in [0.05, 0.1) is 16.8 Å². The van der Waals surface area contributed by atoms with Gasteiger partial charge in [-0.25, -0.2) is 18.4 Å². The van der Waals surface area contributed by atoms with Gasteiger partial charge in [0.1, 0.15) is 6.61 Å². The summed E-state index contributed by atoms with van der Waals surface area (Å²) in [7, 11) is -3.87. The van der Waals surface area contributed by atoms with Crippen LogP contribution < -0.4 is 9.46 Å². The molecular formula is C24H22N4O3S. The van der Waals surface area contributed by atoms with Gasteiger partial charge < -0.3 is 4.74 Å². The van der Waals surface area contributed by atoms with Crippen LogP contribution in [0.5, 0.6) is 5.88 Å². The van der Waals surface area contributed by atoms with E-state index in [0.717, 1.165) is 22.3 Å². The molecule has 2 aromatic heterocycles. The maximum Gasteiger partial charge on any atom is 0.263 e. The minimum atomic E-state index is -3.87. The smallest absolute Gasteiger partial charge is 0.263 e. The summed E-state index contributed by atoms with van der Waals surface area (Å²) in [4.78, 5) is 13.1. The van der Waals surface area contributed by atoms with Crippen molar-refractivity contribution in [2.75, 3.05) is 4.72 Å². The van der Waals surface area contributed by atoms with Crippen molar-refractivity contribution < 1.29 is 13.2 Å². The molecule has 0 radical (unpaired) electrons. The van der Waals surface area contributed by atoms with E-state index in [0.29, 0.717) is 5.69 Å². The number of nitrogens with one attached hydrogen (secondary N) is 1. The lowest BCUT2D eigenvalue weighted by atomic mass is 10.1. The second-order valence-corrected chi connectivity index (χ2v) is 8.97. The lowest BCUT2D eigenvalue weighted by molar-refractivity contribution is 0.294. The average Bonchev–Trinajstić information content (AvgIpc) is 2.80. The first-order chi connectivity index (χ1) is 15.4. The fraction of sp³-hybridized carbons (Fsp3) is 0.125. The minimum Gasteiger partial charge on any atom is -0.470 e. The van der Waals surface area contributed by atoms with Crippen LogP contribution in [0.1, 0.15) is 16.7 Å². The van der Waals surface area contributed by atoms with Crippen LogP contribution in [0.3, 0.4) is 0 Å². The average molecular weight is 447 g/mol. The third-order valence-electron chi connectivity index (χ3n) is 4.82. The molecule has 0 aliphatic carbocycles. The van der Waals surface area contributed by atoms with Gasteiger partial charge >= 0.3 is 0 Å². The zero-order valence-electron chi connectivity index (χ0n) is 17.7. The maximum absolute atomic E-state index is 12.9. The molecule has 0 amide bonds. The van der Waals surface area contributed by atoms with Gasteiger partial charge in [-0.2, -0.15) is 0 Å². The van der Waals surface area contributed by atoms with Gasteiger partial charge in [-0.15, -0.1) is 0 Å². The fourth-order valence-electron chi connectivity index (χ4n) is 3.07. The molecule has 162 valence electrons. The Kier molecular flexibility index (Phi) is 6.13. The molecule has 2 aromatic carbocycles. The van der Waals surface area contributed by atoms with E-state index in [1.54, 1.807) is 42.7 Å². The zero-order chi connectivity index (χ0) is 22.6. The van der Waals surface area contributed by atoms with Crippen molar-refractivity contribution in [3.8, 4) is 17.1 Å². The second kappa shape index (κ2) is 9.15. The van der Waals surface area contributed by atoms with Gasteiger partial charge in [0.15, 0.2) is 0 Å². The molecule has 32 heavy (non-hydrogen) atoms. The van der Waals surface area contributed by atoms with Crippen molar-refractivity contribution >= 4 is 15.8 Å². The maximum atomic E-state index is 12.9. The number of aromatic nitrogens is 3. The summed E-state index contributed by atoms with van der Waals surface area (Å²) in [6, 6.07) is 18.0. The highest BCUT2D eigenvalue weighted by Gasteiger charge is 2.20. The summed E-state index contributed by atoms with van der Waals surface area (Å²) in [5, 5.41) is 0. The molecule has 0 saturated heterocycles. The van der Waals surface area contributed by atoms with Crippen molar-refractivity contribution in [3.05, 3.63) is 95.9 Å². The van der Waals surface area contributed by atoms with Gasteiger partial charge in [-0.05, 0) is 37.6 Å². The van der Waals surface area contributed by atoms with E-state index < -0.39 is 10.0 Å². The molecule has 8 heteroatoms. The molecule has 0 spiro atoms. The van der Waals surface area contributed by atoms with Crippen molar-refractivity contribution in [2.24, 2.45) is 0 Å². The highest BCUT2D eigenvalue weighted by atomic mass is 32.2. The van der Waals surface area contributed by atoms with E-state index in [1.165, 1.54) is 6.20 Å². The lowest BCUT2D eigenvalue weighted by Gasteiger charge is -2.14. The van der Waals surface area contributed by atoms with Crippen LogP contribution in [0.15, 0.2) is 84.1 Å². The zero-order valence-corrected chi connectivity index (χ0v) is 18.5. The Morgan fingerprint density at radius 1 is 0.938 bits per heavy atom.